The van der Waals surface area contributed by atoms with Gasteiger partial charge in [-0.05, 0) is 22.8 Å². The average Bonchev–Trinajstić information content (AvgIpc) is 2.54. The third-order valence-corrected chi connectivity index (χ3v) is 3.60. The highest BCUT2D eigenvalue weighted by Crippen LogP contribution is 2.22. The second-order valence-electron chi connectivity index (χ2n) is 5.17. The number of aliphatic hydroxyl groups excluding tert-OH is 1. The van der Waals surface area contributed by atoms with Crippen LogP contribution in [0.4, 0.5) is 0 Å². The van der Waals surface area contributed by atoms with E-state index in [1.165, 1.54) is 6.08 Å². The van der Waals surface area contributed by atoms with Crippen molar-refractivity contribution in [3.05, 3.63) is 83.6 Å². The summed E-state index contributed by atoms with van der Waals surface area (Å²) in [4.78, 5) is 22.6. The van der Waals surface area contributed by atoms with Gasteiger partial charge in [0.1, 0.15) is 5.76 Å². The third-order valence-electron chi connectivity index (χ3n) is 3.60. The molecule has 3 nitrogen and oxygen atoms in total. The van der Waals surface area contributed by atoms with Crippen LogP contribution in [0.2, 0.25) is 0 Å². The lowest BCUT2D eigenvalue weighted by molar-refractivity contribution is -0.131. The van der Waals surface area contributed by atoms with Gasteiger partial charge < -0.3 is 5.11 Å². The topological polar surface area (TPSA) is 54.4 Å². The lowest BCUT2D eigenvalue weighted by Gasteiger charge is -2.10. The summed E-state index contributed by atoms with van der Waals surface area (Å²) in [7, 11) is 0. The van der Waals surface area contributed by atoms with Crippen LogP contribution in [-0.4, -0.2) is 16.7 Å². The number of benzene rings is 2. The van der Waals surface area contributed by atoms with Gasteiger partial charge in [-0.25, -0.2) is 0 Å². The third kappa shape index (κ3) is 2.88. The van der Waals surface area contributed by atoms with Gasteiger partial charge in [0, 0.05) is 18.1 Å². The van der Waals surface area contributed by atoms with E-state index in [4.69, 9.17) is 0 Å². The largest absolute Gasteiger partial charge is 0.508 e. The zero-order chi connectivity index (χ0) is 15.5. The molecule has 0 fully saturated rings. The number of rotatable bonds is 3. The summed E-state index contributed by atoms with van der Waals surface area (Å²) >= 11 is 0. The Kier molecular flexibility index (Phi) is 3.71. The van der Waals surface area contributed by atoms with E-state index in [0.29, 0.717) is 12.0 Å². The van der Waals surface area contributed by atoms with Gasteiger partial charge in [0.25, 0.3) is 0 Å². The highest BCUT2D eigenvalue weighted by Gasteiger charge is 2.19. The van der Waals surface area contributed by atoms with E-state index in [2.05, 4.69) is 0 Å². The minimum atomic E-state index is -0.680. The Bertz CT molecular complexity index is 781. The number of carbonyl (C=O) groups is 2. The monoisotopic (exact) mass is 290 g/mol. The SMILES string of the molecule is O=C1C=C(O)C(Cc2ccc(-c3ccccc3)cc2)=CC1=O. The van der Waals surface area contributed by atoms with Crippen LogP contribution >= 0.6 is 0 Å². The lowest BCUT2D eigenvalue weighted by atomic mass is 9.95. The summed E-state index contributed by atoms with van der Waals surface area (Å²) in [5, 5.41) is 9.77. The molecule has 1 aliphatic carbocycles. The molecule has 0 aliphatic heterocycles. The van der Waals surface area contributed by atoms with Crippen LogP contribution in [0, 0.1) is 0 Å². The number of carbonyl (C=O) groups excluding carboxylic acids is 2. The zero-order valence-electron chi connectivity index (χ0n) is 11.8. The summed E-state index contributed by atoms with van der Waals surface area (Å²) in [6, 6.07) is 17.9. The van der Waals surface area contributed by atoms with Gasteiger partial charge in [-0.1, -0.05) is 54.6 Å². The molecule has 0 spiro atoms. The fourth-order valence-electron chi connectivity index (χ4n) is 2.40. The molecule has 0 atom stereocenters. The maximum absolute atomic E-state index is 11.4. The van der Waals surface area contributed by atoms with E-state index in [1.54, 1.807) is 0 Å². The summed E-state index contributed by atoms with van der Waals surface area (Å²) < 4.78 is 0. The first-order chi connectivity index (χ1) is 10.6. The van der Waals surface area contributed by atoms with Gasteiger partial charge in [0.2, 0.25) is 11.6 Å². The maximum Gasteiger partial charge on any atom is 0.229 e. The quantitative estimate of drug-likeness (QED) is 0.696. The second-order valence-corrected chi connectivity index (χ2v) is 5.17. The highest BCUT2D eigenvalue weighted by molar-refractivity contribution is 6.46. The normalized spacial score (nSPS) is 14.5. The first-order valence-corrected chi connectivity index (χ1v) is 6.98. The molecule has 0 bridgehead atoms. The van der Waals surface area contributed by atoms with E-state index in [0.717, 1.165) is 22.8 Å². The fraction of sp³-hybridized carbons (Fsp3) is 0.0526. The van der Waals surface area contributed by atoms with Gasteiger partial charge in [0.15, 0.2) is 0 Å². The number of hydrogen-bond acceptors (Lipinski definition) is 3. The van der Waals surface area contributed by atoms with Gasteiger partial charge in [-0.2, -0.15) is 0 Å². The van der Waals surface area contributed by atoms with Crippen molar-refractivity contribution in [2.75, 3.05) is 0 Å². The minimum Gasteiger partial charge on any atom is -0.508 e. The van der Waals surface area contributed by atoms with Crippen molar-refractivity contribution >= 4 is 11.6 Å². The molecular weight excluding hydrogens is 276 g/mol. The van der Waals surface area contributed by atoms with Crippen molar-refractivity contribution in [1.29, 1.82) is 0 Å². The predicted octanol–water partition coefficient (Wildman–Crippen LogP) is 3.42. The molecule has 0 amide bonds. The summed E-state index contributed by atoms with van der Waals surface area (Å²) in [6.45, 7) is 0. The van der Waals surface area contributed by atoms with Crippen LogP contribution in [-0.2, 0) is 16.0 Å². The van der Waals surface area contributed by atoms with Gasteiger partial charge in [-0.3, -0.25) is 9.59 Å². The predicted molar refractivity (Wildman–Crippen MR) is 84.4 cm³/mol. The smallest absolute Gasteiger partial charge is 0.229 e. The zero-order valence-corrected chi connectivity index (χ0v) is 11.8. The van der Waals surface area contributed by atoms with E-state index >= 15 is 0 Å². The van der Waals surface area contributed by atoms with E-state index < -0.39 is 11.6 Å². The molecule has 1 aliphatic rings. The van der Waals surface area contributed by atoms with E-state index in [1.807, 2.05) is 54.6 Å². The molecule has 2 aromatic rings. The van der Waals surface area contributed by atoms with Crippen LogP contribution in [0.5, 0.6) is 0 Å². The van der Waals surface area contributed by atoms with Crippen LogP contribution in [0.3, 0.4) is 0 Å². The number of ketones is 2. The molecule has 3 heteroatoms. The summed E-state index contributed by atoms with van der Waals surface area (Å²) in [5.74, 6) is -1.40. The molecule has 0 saturated heterocycles. The fourth-order valence-corrected chi connectivity index (χ4v) is 2.40. The number of aliphatic hydroxyl groups is 1. The van der Waals surface area contributed by atoms with Crippen LogP contribution < -0.4 is 0 Å². The molecule has 0 heterocycles. The molecule has 0 saturated carbocycles. The highest BCUT2D eigenvalue weighted by atomic mass is 16.3. The maximum atomic E-state index is 11.4. The molecule has 108 valence electrons. The van der Waals surface area contributed by atoms with Crippen molar-refractivity contribution in [2.24, 2.45) is 0 Å². The lowest BCUT2D eigenvalue weighted by Crippen LogP contribution is -2.15. The average molecular weight is 290 g/mol. The van der Waals surface area contributed by atoms with Crippen molar-refractivity contribution < 1.29 is 14.7 Å². The molecule has 0 aromatic heterocycles. The van der Waals surface area contributed by atoms with E-state index in [9.17, 15) is 14.7 Å². The first-order valence-electron chi connectivity index (χ1n) is 6.98. The molecule has 0 unspecified atom stereocenters. The van der Waals surface area contributed by atoms with Crippen molar-refractivity contribution in [3.63, 3.8) is 0 Å². The molecule has 1 N–H and O–H groups in total. The standard InChI is InChI=1S/C19H14O3/c20-17-12-19(22)18(21)11-16(17)10-13-6-8-15(9-7-13)14-4-2-1-3-5-14/h1-9,11-12,20H,10H2. The molecular formula is C19H14O3. The summed E-state index contributed by atoms with van der Waals surface area (Å²) in [6.07, 6.45) is 2.61. The van der Waals surface area contributed by atoms with E-state index in [-0.39, 0.29) is 5.76 Å². The van der Waals surface area contributed by atoms with Crippen molar-refractivity contribution in [1.82, 2.24) is 0 Å². The Morgan fingerprint density at radius 2 is 1.32 bits per heavy atom. The Morgan fingerprint density at radius 1 is 0.727 bits per heavy atom. The van der Waals surface area contributed by atoms with Crippen LogP contribution in [0.1, 0.15) is 5.56 Å². The Balaban J connectivity index is 1.80. The Morgan fingerprint density at radius 3 is 2.00 bits per heavy atom. The number of allylic oxidation sites excluding steroid dienone is 3. The second kappa shape index (κ2) is 5.82. The van der Waals surface area contributed by atoms with Crippen molar-refractivity contribution in [2.45, 2.75) is 6.42 Å². The molecule has 3 rings (SSSR count). The Labute approximate surface area is 128 Å². The van der Waals surface area contributed by atoms with Gasteiger partial charge in [-0.15, -0.1) is 0 Å². The van der Waals surface area contributed by atoms with Crippen LogP contribution in [0.15, 0.2) is 78.1 Å². The van der Waals surface area contributed by atoms with Gasteiger partial charge in [0.05, 0.1) is 0 Å². The first kappa shape index (κ1) is 14.0. The van der Waals surface area contributed by atoms with Crippen LogP contribution in [0.25, 0.3) is 11.1 Å². The number of hydrogen-bond donors (Lipinski definition) is 1. The molecule has 2 aromatic carbocycles. The van der Waals surface area contributed by atoms with Crippen molar-refractivity contribution in [3.8, 4) is 11.1 Å². The molecule has 0 radical (unpaired) electrons. The summed E-state index contributed by atoms with van der Waals surface area (Å²) in [5.41, 5.74) is 3.67. The Hall–Kier alpha value is -2.94. The minimum absolute atomic E-state index is 0.128. The molecule has 22 heavy (non-hydrogen) atoms. The van der Waals surface area contributed by atoms with Gasteiger partial charge >= 0.3 is 0 Å².